The van der Waals surface area contributed by atoms with Crippen molar-refractivity contribution < 1.29 is 19.5 Å². The zero-order valence-electron chi connectivity index (χ0n) is 15.6. The number of nitrogens with one attached hydrogen (secondary N) is 2. The number of carbonyl (C=O) groups excluding carboxylic acids is 2. The van der Waals surface area contributed by atoms with E-state index in [0.717, 1.165) is 5.56 Å². The lowest BCUT2D eigenvalue weighted by Gasteiger charge is -2.16. The standard InChI is InChI=1S/C21H25N3O4/c25-19(11-5-7-14-24-21(27)28)23-15-12-17(16-8-2-1-3-9-16)20(26)18-10-4-6-13-22-18/h1-4,6,8-10,13,17,24H,5,7,11-12,14-15H2,(H,23,25)(H,27,28). The number of hydrogen-bond acceptors (Lipinski definition) is 4. The van der Waals surface area contributed by atoms with Crippen LogP contribution in [0.4, 0.5) is 4.79 Å². The van der Waals surface area contributed by atoms with Crippen molar-refractivity contribution in [3.05, 3.63) is 66.0 Å². The summed E-state index contributed by atoms with van der Waals surface area (Å²) in [6.45, 7) is 0.710. The third-order valence-corrected chi connectivity index (χ3v) is 4.30. The summed E-state index contributed by atoms with van der Waals surface area (Å²) in [5, 5.41) is 13.6. The van der Waals surface area contributed by atoms with E-state index in [1.54, 1.807) is 24.4 Å². The van der Waals surface area contributed by atoms with Crippen molar-refractivity contribution in [2.75, 3.05) is 13.1 Å². The highest BCUT2D eigenvalue weighted by Crippen LogP contribution is 2.23. The Balaban J connectivity index is 1.85. The molecular formula is C21H25N3O4. The number of ketones is 1. The maximum absolute atomic E-state index is 12.9. The maximum Gasteiger partial charge on any atom is 0.404 e. The smallest absolute Gasteiger partial charge is 0.404 e. The van der Waals surface area contributed by atoms with Crippen LogP contribution in [0.3, 0.4) is 0 Å². The van der Waals surface area contributed by atoms with Crippen LogP contribution in [0.5, 0.6) is 0 Å². The number of hydrogen-bond donors (Lipinski definition) is 3. The topological polar surface area (TPSA) is 108 Å². The molecule has 0 aliphatic carbocycles. The Morgan fingerprint density at radius 3 is 2.36 bits per heavy atom. The Labute approximate surface area is 164 Å². The third-order valence-electron chi connectivity index (χ3n) is 4.30. The predicted molar refractivity (Wildman–Crippen MR) is 105 cm³/mol. The van der Waals surface area contributed by atoms with Gasteiger partial charge in [0.05, 0.1) is 5.92 Å². The molecule has 28 heavy (non-hydrogen) atoms. The second-order valence-electron chi connectivity index (χ2n) is 6.37. The molecule has 2 amide bonds. The van der Waals surface area contributed by atoms with E-state index < -0.39 is 6.09 Å². The van der Waals surface area contributed by atoms with Gasteiger partial charge in [0, 0.05) is 25.7 Å². The quantitative estimate of drug-likeness (QED) is 0.408. The van der Waals surface area contributed by atoms with E-state index in [1.165, 1.54) is 0 Å². The summed E-state index contributed by atoms with van der Waals surface area (Å²) in [6, 6.07) is 14.7. The zero-order chi connectivity index (χ0) is 20.2. The molecule has 1 atom stereocenters. The third kappa shape index (κ3) is 7.19. The Morgan fingerprint density at radius 2 is 1.68 bits per heavy atom. The van der Waals surface area contributed by atoms with E-state index in [0.29, 0.717) is 44.5 Å². The van der Waals surface area contributed by atoms with Gasteiger partial charge in [0.2, 0.25) is 5.91 Å². The van der Waals surface area contributed by atoms with Gasteiger partial charge >= 0.3 is 6.09 Å². The molecule has 1 heterocycles. The normalized spacial score (nSPS) is 11.4. The summed E-state index contributed by atoms with van der Waals surface area (Å²) in [5.41, 5.74) is 1.31. The summed E-state index contributed by atoms with van der Waals surface area (Å²) in [4.78, 5) is 39.4. The largest absolute Gasteiger partial charge is 0.465 e. The molecule has 148 valence electrons. The SMILES string of the molecule is O=C(O)NCCCCC(=O)NCCC(C(=O)c1ccccn1)c1ccccc1. The first-order valence-corrected chi connectivity index (χ1v) is 9.31. The van der Waals surface area contributed by atoms with Gasteiger partial charge in [-0.3, -0.25) is 14.6 Å². The second kappa shape index (κ2) is 11.5. The van der Waals surface area contributed by atoms with Crippen LogP contribution >= 0.6 is 0 Å². The molecule has 2 aromatic rings. The number of rotatable bonds is 11. The van der Waals surface area contributed by atoms with E-state index in [4.69, 9.17) is 5.11 Å². The number of carboxylic acid groups (broad SMARTS) is 1. The van der Waals surface area contributed by atoms with Gasteiger partial charge in [0.1, 0.15) is 5.69 Å². The molecule has 0 aliphatic heterocycles. The summed E-state index contributed by atoms with van der Waals surface area (Å²) < 4.78 is 0. The average molecular weight is 383 g/mol. The summed E-state index contributed by atoms with van der Waals surface area (Å²) in [7, 11) is 0. The van der Waals surface area contributed by atoms with Crippen molar-refractivity contribution in [2.24, 2.45) is 0 Å². The highest BCUT2D eigenvalue weighted by Gasteiger charge is 2.22. The lowest BCUT2D eigenvalue weighted by molar-refractivity contribution is -0.121. The van der Waals surface area contributed by atoms with Gasteiger partial charge < -0.3 is 15.7 Å². The first kappa shape index (κ1) is 21.1. The van der Waals surface area contributed by atoms with Crippen molar-refractivity contribution in [1.29, 1.82) is 0 Å². The fourth-order valence-electron chi connectivity index (χ4n) is 2.87. The van der Waals surface area contributed by atoms with Crippen LogP contribution in [0.1, 0.15) is 47.7 Å². The maximum atomic E-state index is 12.9. The number of aromatic nitrogens is 1. The average Bonchev–Trinajstić information content (AvgIpc) is 2.71. The van der Waals surface area contributed by atoms with E-state index in [9.17, 15) is 14.4 Å². The highest BCUT2D eigenvalue weighted by molar-refractivity contribution is 5.99. The van der Waals surface area contributed by atoms with Crippen LogP contribution in [-0.4, -0.2) is 41.0 Å². The lowest BCUT2D eigenvalue weighted by Crippen LogP contribution is -2.27. The van der Waals surface area contributed by atoms with E-state index in [-0.39, 0.29) is 17.6 Å². The molecule has 0 spiro atoms. The number of carbonyl (C=O) groups is 3. The minimum Gasteiger partial charge on any atom is -0.465 e. The van der Waals surface area contributed by atoms with Crippen molar-refractivity contribution >= 4 is 17.8 Å². The first-order valence-electron chi connectivity index (χ1n) is 9.31. The fraction of sp³-hybridized carbons (Fsp3) is 0.333. The summed E-state index contributed by atoms with van der Waals surface area (Å²) in [6.07, 6.45) is 2.54. The molecule has 1 aromatic heterocycles. The van der Waals surface area contributed by atoms with Gasteiger partial charge in [0.15, 0.2) is 5.78 Å². The molecule has 7 nitrogen and oxygen atoms in total. The van der Waals surface area contributed by atoms with Crippen LogP contribution in [0.15, 0.2) is 54.7 Å². The van der Waals surface area contributed by atoms with E-state index in [1.807, 2.05) is 30.3 Å². The van der Waals surface area contributed by atoms with Crippen molar-refractivity contribution in [2.45, 2.75) is 31.6 Å². The van der Waals surface area contributed by atoms with Crippen molar-refractivity contribution in [1.82, 2.24) is 15.6 Å². The van der Waals surface area contributed by atoms with Crippen LogP contribution in [0, 0.1) is 0 Å². The first-order chi connectivity index (χ1) is 13.6. The molecular weight excluding hydrogens is 358 g/mol. The molecule has 0 aliphatic rings. The van der Waals surface area contributed by atoms with Crippen LogP contribution in [-0.2, 0) is 4.79 Å². The van der Waals surface area contributed by atoms with Crippen molar-refractivity contribution in [3.63, 3.8) is 0 Å². The molecule has 3 N–H and O–H groups in total. The minimum atomic E-state index is -1.06. The lowest BCUT2D eigenvalue weighted by atomic mass is 9.89. The van der Waals surface area contributed by atoms with Crippen molar-refractivity contribution in [3.8, 4) is 0 Å². The highest BCUT2D eigenvalue weighted by atomic mass is 16.4. The predicted octanol–water partition coefficient (Wildman–Crippen LogP) is 2.99. The Morgan fingerprint density at radius 1 is 0.929 bits per heavy atom. The molecule has 0 bridgehead atoms. The van der Waals surface area contributed by atoms with Gasteiger partial charge in [-0.25, -0.2) is 4.79 Å². The molecule has 7 heteroatoms. The van der Waals surface area contributed by atoms with Crippen LogP contribution in [0.25, 0.3) is 0 Å². The van der Waals surface area contributed by atoms with Crippen LogP contribution < -0.4 is 10.6 Å². The summed E-state index contributed by atoms with van der Waals surface area (Å²) in [5.74, 6) is -0.551. The minimum absolute atomic E-state index is 0.0687. The van der Waals surface area contributed by atoms with Gasteiger partial charge in [-0.05, 0) is 37.0 Å². The monoisotopic (exact) mass is 383 g/mol. The zero-order valence-corrected chi connectivity index (χ0v) is 15.6. The number of nitrogens with zero attached hydrogens (tertiary/aromatic N) is 1. The molecule has 0 saturated carbocycles. The van der Waals surface area contributed by atoms with E-state index >= 15 is 0 Å². The Kier molecular flexibility index (Phi) is 8.65. The summed E-state index contributed by atoms with van der Waals surface area (Å²) >= 11 is 0. The number of benzene rings is 1. The van der Waals surface area contributed by atoms with Gasteiger partial charge in [0.25, 0.3) is 0 Å². The molecule has 0 fully saturated rings. The fourth-order valence-corrected chi connectivity index (χ4v) is 2.87. The molecule has 1 unspecified atom stereocenters. The van der Waals surface area contributed by atoms with Gasteiger partial charge in [-0.15, -0.1) is 0 Å². The second-order valence-corrected chi connectivity index (χ2v) is 6.37. The Bertz CT molecular complexity index is 766. The molecule has 0 radical (unpaired) electrons. The van der Waals surface area contributed by atoms with Crippen LogP contribution in [0.2, 0.25) is 0 Å². The van der Waals surface area contributed by atoms with E-state index in [2.05, 4.69) is 15.6 Å². The number of unbranched alkanes of at least 4 members (excludes halogenated alkanes) is 1. The molecule has 2 rings (SSSR count). The van der Waals surface area contributed by atoms with Gasteiger partial charge in [-0.2, -0.15) is 0 Å². The molecule has 1 aromatic carbocycles. The Hall–Kier alpha value is -3.22. The number of amides is 2. The number of pyridine rings is 1. The van der Waals surface area contributed by atoms with Gasteiger partial charge in [-0.1, -0.05) is 36.4 Å². The molecule has 0 saturated heterocycles. The number of Topliss-reactive ketones (excluding diaryl/α,β-unsaturated/α-hetero) is 1.